The van der Waals surface area contributed by atoms with Crippen LogP contribution in [0.15, 0.2) is 24.3 Å². The van der Waals surface area contributed by atoms with Gasteiger partial charge in [-0.15, -0.1) is 0 Å². The number of aliphatic hydroxyl groups excluding tert-OH is 1. The Labute approximate surface area is 396 Å². The molecule has 376 valence electrons. The lowest BCUT2D eigenvalue weighted by Crippen LogP contribution is -2.61. The minimum atomic E-state index is -1.55. The molecule has 0 radical (unpaired) electrons. The number of benzene rings is 1. The number of cyclic esters (lactones) is 2. The minimum absolute atomic E-state index is 0.0500. The molecular weight excluding hydrogens is 865 g/mol. The summed E-state index contributed by atoms with van der Waals surface area (Å²) in [7, 11) is 4.56. The molecule has 0 aliphatic carbocycles. The molecule has 2 heterocycles. The van der Waals surface area contributed by atoms with Crippen molar-refractivity contribution in [3.8, 4) is 5.75 Å². The molecule has 5 N–H and O–H groups in total. The first-order chi connectivity index (χ1) is 31.4. The van der Waals surface area contributed by atoms with Gasteiger partial charge in [0.15, 0.2) is 11.9 Å². The van der Waals surface area contributed by atoms with E-state index in [1.165, 1.54) is 37.8 Å². The third kappa shape index (κ3) is 15.5. The number of carbonyl (C=O) groups is 8. The van der Waals surface area contributed by atoms with Crippen LogP contribution in [-0.2, 0) is 54.3 Å². The third-order valence-corrected chi connectivity index (χ3v) is 12.9. The molecule has 0 saturated carbocycles. The lowest BCUT2D eigenvalue weighted by Gasteiger charge is -2.35. The average molecular weight is 943 g/mol. The largest absolute Gasteiger partial charge is 0.497 e. The van der Waals surface area contributed by atoms with Crippen LogP contribution in [-0.4, -0.2) is 144 Å². The van der Waals surface area contributed by atoms with E-state index in [2.05, 4.69) is 21.3 Å². The second-order valence-electron chi connectivity index (χ2n) is 19.5. The van der Waals surface area contributed by atoms with E-state index < -0.39 is 126 Å². The highest BCUT2D eigenvalue weighted by Gasteiger charge is 2.44. The van der Waals surface area contributed by atoms with Gasteiger partial charge in [0.25, 0.3) is 0 Å². The van der Waals surface area contributed by atoms with Crippen molar-refractivity contribution in [3.05, 3.63) is 29.8 Å². The smallest absolute Gasteiger partial charge is 0.329 e. The number of hydrogen-bond acceptors (Lipinski definition) is 13. The van der Waals surface area contributed by atoms with Crippen LogP contribution in [0.2, 0.25) is 0 Å². The monoisotopic (exact) mass is 943 g/mol. The lowest BCUT2D eigenvalue weighted by molar-refractivity contribution is -0.163. The van der Waals surface area contributed by atoms with Crippen LogP contribution in [0.1, 0.15) is 113 Å². The van der Waals surface area contributed by atoms with Crippen molar-refractivity contribution in [1.82, 2.24) is 31.1 Å². The van der Waals surface area contributed by atoms with Crippen molar-refractivity contribution in [1.29, 1.82) is 0 Å². The van der Waals surface area contributed by atoms with Crippen LogP contribution in [0.25, 0.3) is 0 Å². The average Bonchev–Trinajstić information content (AvgIpc) is 3.77. The number of rotatable bonds is 13. The van der Waals surface area contributed by atoms with E-state index in [1.54, 1.807) is 52.1 Å². The number of aliphatic hydroxyl groups is 1. The molecule has 1 unspecified atom stereocenters. The summed E-state index contributed by atoms with van der Waals surface area (Å²) in [5.74, 6) is -7.71. The molecule has 2 aliphatic rings. The van der Waals surface area contributed by atoms with Crippen molar-refractivity contribution in [2.24, 2.45) is 29.6 Å². The number of ketones is 1. The molecule has 67 heavy (non-hydrogen) atoms. The Balaban J connectivity index is 2.23. The Morgan fingerprint density at radius 1 is 0.910 bits per heavy atom. The molecular formula is C49H78N6O12. The highest BCUT2D eigenvalue weighted by Crippen LogP contribution is 2.26. The summed E-state index contributed by atoms with van der Waals surface area (Å²) in [5.41, 5.74) is 0.631. The summed E-state index contributed by atoms with van der Waals surface area (Å²) < 4.78 is 17.1. The lowest BCUT2D eigenvalue weighted by atomic mass is 9.91. The predicted molar refractivity (Wildman–Crippen MR) is 250 cm³/mol. The van der Waals surface area contributed by atoms with Crippen molar-refractivity contribution in [2.45, 2.75) is 169 Å². The molecule has 1 aromatic rings. The van der Waals surface area contributed by atoms with E-state index in [4.69, 9.17) is 14.2 Å². The van der Waals surface area contributed by atoms with Gasteiger partial charge in [-0.05, 0) is 87.9 Å². The zero-order valence-electron chi connectivity index (χ0n) is 41.9. The number of Topliss-reactive ketones (excluding diaryl/α,β-unsaturated/α-hetero) is 1. The summed E-state index contributed by atoms with van der Waals surface area (Å²) in [6.07, 6.45) is -3.30. The van der Waals surface area contributed by atoms with Gasteiger partial charge in [-0.25, -0.2) is 4.79 Å². The first-order valence-corrected chi connectivity index (χ1v) is 23.9. The number of nitrogens with zero attached hydrogens (tertiary/aromatic N) is 2. The van der Waals surface area contributed by atoms with Gasteiger partial charge in [-0.1, -0.05) is 73.9 Å². The predicted octanol–water partition coefficient (Wildman–Crippen LogP) is 2.71. The molecule has 2 fully saturated rings. The maximum absolute atomic E-state index is 14.7. The highest BCUT2D eigenvalue weighted by molar-refractivity contribution is 6.05. The molecule has 18 heteroatoms. The van der Waals surface area contributed by atoms with E-state index in [0.29, 0.717) is 30.6 Å². The molecule has 3 rings (SSSR count). The minimum Gasteiger partial charge on any atom is -0.497 e. The third-order valence-electron chi connectivity index (χ3n) is 12.9. The van der Waals surface area contributed by atoms with Gasteiger partial charge in [0, 0.05) is 20.0 Å². The molecule has 5 amide bonds. The van der Waals surface area contributed by atoms with Gasteiger partial charge in [-0.3, -0.25) is 33.6 Å². The number of likely N-dealkylation sites (N-methyl/N-ethyl adjacent to an activating group) is 2. The van der Waals surface area contributed by atoms with Gasteiger partial charge in [0.1, 0.15) is 36.0 Å². The first-order valence-electron chi connectivity index (χ1n) is 23.9. The van der Waals surface area contributed by atoms with Crippen LogP contribution in [0.3, 0.4) is 0 Å². The van der Waals surface area contributed by atoms with Crippen LogP contribution in [0.5, 0.6) is 5.75 Å². The van der Waals surface area contributed by atoms with Crippen LogP contribution in [0, 0.1) is 29.6 Å². The number of hydrogen-bond donors (Lipinski definition) is 5. The molecule has 0 bridgehead atoms. The maximum atomic E-state index is 14.7. The first kappa shape index (κ1) is 56.2. The molecule has 2 aliphatic heterocycles. The fourth-order valence-corrected chi connectivity index (χ4v) is 8.55. The number of ether oxygens (including phenoxy) is 3. The Kier molecular flexibility index (Phi) is 21.7. The summed E-state index contributed by atoms with van der Waals surface area (Å²) in [5, 5.41) is 22.9. The van der Waals surface area contributed by atoms with E-state index in [0.717, 1.165) is 0 Å². The quantitative estimate of drug-likeness (QED) is 0.142. The second-order valence-corrected chi connectivity index (χ2v) is 19.5. The standard InChI is InChI=1S/C49H78N6O12/c1-14-29(8)40-38(56)25-39(57)67-43(28(6)7)42(58)30(9)44(59)51-35(23-27(4)5)47(62)55-21-15-16-36(55)48(63)54(12)37(24-32-17-19-33(65-13)20-18-32)49(64)66-31(10)41(46(61)52-40)53-45(60)34(50-11)22-26(2)3/h17-20,26-31,34-38,40-41,43,50,56H,14-16,21-25H2,1-13H3,(H,51,59)(H,52,61)(H,53,60)/t29-,30-,31+,34+,35-,36-,37?,38-,40+,41-,43-/m0/s1. The summed E-state index contributed by atoms with van der Waals surface area (Å²) in [6.45, 7) is 17.4. The fourth-order valence-electron chi connectivity index (χ4n) is 8.55. The van der Waals surface area contributed by atoms with E-state index in [1.807, 2.05) is 34.6 Å². The molecule has 2 saturated heterocycles. The van der Waals surface area contributed by atoms with Gasteiger partial charge in [0.05, 0.1) is 37.6 Å². The maximum Gasteiger partial charge on any atom is 0.329 e. The summed E-state index contributed by atoms with van der Waals surface area (Å²) in [4.78, 5) is 116. The van der Waals surface area contributed by atoms with Crippen LogP contribution < -0.4 is 26.0 Å². The van der Waals surface area contributed by atoms with Crippen LogP contribution in [0.4, 0.5) is 0 Å². The normalized spacial score (nSPS) is 27.8. The Hall–Kier alpha value is -5.10. The van der Waals surface area contributed by atoms with Gasteiger partial charge < -0.3 is 50.4 Å². The van der Waals surface area contributed by atoms with Gasteiger partial charge in [0.2, 0.25) is 29.5 Å². The Morgan fingerprint density at radius 2 is 1.55 bits per heavy atom. The van der Waals surface area contributed by atoms with Crippen molar-refractivity contribution < 1.29 is 57.7 Å². The zero-order valence-corrected chi connectivity index (χ0v) is 41.9. The van der Waals surface area contributed by atoms with Crippen LogP contribution >= 0.6 is 0 Å². The van der Waals surface area contributed by atoms with E-state index in [-0.39, 0.29) is 37.6 Å². The Morgan fingerprint density at radius 3 is 2.10 bits per heavy atom. The Bertz CT molecular complexity index is 1870. The number of carbonyl (C=O) groups excluding carboxylic acids is 8. The van der Waals surface area contributed by atoms with Crippen molar-refractivity contribution in [2.75, 3.05) is 27.7 Å². The van der Waals surface area contributed by atoms with E-state index >= 15 is 0 Å². The van der Waals surface area contributed by atoms with Crippen molar-refractivity contribution >= 4 is 47.3 Å². The number of esters is 2. The van der Waals surface area contributed by atoms with E-state index in [9.17, 15) is 43.5 Å². The van der Waals surface area contributed by atoms with Gasteiger partial charge >= 0.3 is 11.9 Å². The number of amides is 5. The number of fused-ring (bicyclic) bond motifs is 1. The zero-order chi connectivity index (χ0) is 50.4. The number of methoxy groups -OCH3 is 1. The molecule has 1 aromatic carbocycles. The SMILES string of the molecule is CC[C@H](C)[C@H]1NC(=O)[C@@H](NC(=O)[C@@H](CC(C)C)NC)[C@@H](C)OC(=O)C(Cc2ccc(OC)cc2)N(C)C(=O)[C@@H]2CCCN2C(=O)[C@H](CC(C)C)NC(=O)[C@@H](C)C(=O)[C@H](C(C)C)OC(=O)C[C@@H]1O. The van der Waals surface area contributed by atoms with Crippen molar-refractivity contribution in [3.63, 3.8) is 0 Å². The fraction of sp³-hybridized carbons (Fsp3) is 0.714. The van der Waals surface area contributed by atoms with Gasteiger partial charge in [-0.2, -0.15) is 0 Å². The molecule has 0 aromatic heterocycles. The highest BCUT2D eigenvalue weighted by atomic mass is 16.6. The topological polar surface area (TPSA) is 239 Å². The molecule has 11 atom stereocenters. The second kappa shape index (κ2) is 25.9. The summed E-state index contributed by atoms with van der Waals surface area (Å²) in [6, 6.07) is 0.0322. The molecule has 0 spiro atoms. The summed E-state index contributed by atoms with van der Waals surface area (Å²) >= 11 is 0. The molecule has 18 nitrogen and oxygen atoms in total. The number of nitrogens with one attached hydrogen (secondary N) is 4.